The Hall–Kier alpha value is -2.24. The average molecular weight is 275 g/mol. The highest BCUT2D eigenvalue weighted by molar-refractivity contribution is 6.08. The lowest BCUT2D eigenvalue weighted by atomic mass is 9.98. The first-order valence-electron chi connectivity index (χ1n) is 6.20. The molecule has 0 fully saturated rings. The molecule has 0 spiro atoms. The molecule has 0 radical (unpaired) electrons. The van der Waals surface area contributed by atoms with Crippen LogP contribution in [0.25, 0.3) is 10.9 Å². The summed E-state index contributed by atoms with van der Waals surface area (Å²) in [5, 5.41) is 0.661. The molecule has 1 aliphatic rings. The number of nitrogens with zero attached hydrogens (tertiary/aromatic N) is 3. The number of hydrogen-bond donors (Lipinski definition) is 0. The van der Waals surface area contributed by atoms with Gasteiger partial charge in [-0.15, -0.1) is 0 Å². The molecule has 1 atom stereocenters. The Morgan fingerprint density at radius 2 is 2.05 bits per heavy atom. The van der Waals surface area contributed by atoms with E-state index in [1.165, 1.54) is 18.9 Å². The van der Waals surface area contributed by atoms with Gasteiger partial charge in [-0.25, -0.2) is 9.37 Å². The first kappa shape index (κ1) is 12.8. The van der Waals surface area contributed by atoms with Gasteiger partial charge >= 0.3 is 0 Å². The fourth-order valence-corrected chi connectivity index (χ4v) is 2.60. The molecule has 0 bridgehead atoms. The number of anilines is 1. The zero-order valence-electron chi connectivity index (χ0n) is 11.7. The normalized spacial score (nSPS) is 21.4. The summed E-state index contributed by atoms with van der Waals surface area (Å²) in [6, 6.07) is 3.30. The highest BCUT2D eigenvalue weighted by Crippen LogP contribution is 2.44. The van der Waals surface area contributed by atoms with E-state index in [1.54, 1.807) is 26.1 Å². The summed E-state index contributed by atoms with van der Waals surface area (Å²) in [4.78, 5) is 21.8. The van der Waals surface area contributed by atoms with Crippen LogP contribution in [-0.4, -0.2) is 30.0 Å². The number of hydrogen-bond acceptors (Lipinski definition) is 4. The van der Waals surface area contributed by atoms with Crippen molar-refractivity contribution in [1.82, 2.24) is 9.97 Å². The van der Waals surface area contributed by atoms with E-state index in [9.17, 15) is 9.18 Å². The third-order valence-corrected chi connectivity index (χ3v) is 3.66. The van der Waals surface area contributed by atoms with E-state index in [-0.39, 0.29) is 0 Å². The standard InChI is InChI=1S/C14H14FN3O2/c1-7-16-10-6-9-11(5-8(10)12(17-7)20-4)18(3)13(19)14(9,2)15/h5-6H,1-4H3. The number of carbonyl (C=O) groups is 1. The minimum absolute atomic E-state index is 0.331. The van der Waals surface area contributed by atoms with Crippen molar-refractivity contribution < 1.29 is 13.9 Å². The minimum Gasteiger partial charge on any atom is -0.480 e. The first-order valence-corrected chi connectivity index (χ1v) is 6.20. The number of amides is 1. The second-order valence-electron chi connectivity index (χ2n) is 5.03. The maximum atomic E-state index is 14.6. The number of benzene rings is 1. The van der Waals surface area contributed by atoms with Crippen LogP contribution in [-0.2, 0) is 10.5 Å². The van der Waals surface area contributed by atoms with Crippen LogP contribution in [0.5, 0.6) is 5.88 Å². The molecule has 104 valence electrons. The second-order valence-corrected chi connectivity index (χ2v) is 5.03. The van der Waals surface area contributed by atoms with Gasteiger partial charge in [-0.3, -0.25) is 4.79 Å². The minimum atomic E-state index is -2.02. The average Bonchev–Trinajstić information content (AvgIpc) is 2.57. The molecule has 1 amide bonds. The van der Waals surface area contributed by atoms with Crippen molar-refractivity contribution in [2.45, 2.75) is 19.5 Å². The van der Waals surface area contributed by atoms with Gasteiger partial charge in [0, 0.05) is 12.6 Å². The van der Waals surface area contributed by atoms with Gasteiger partial charge in [0.25, 0.3) is 5.91 Å². The van der Waals surface area contributed by atoms with Crippen molar-refractivity contribution >= 4 is 22.5 Å². The van der Waals surface area contributed by atoms with Gasteiger partial charge < -0.3 is 9.64 Å². The van der Waals surface area contributed by atoms with Gasteiger partial charge in [-0.1, -0.05) is 0 Å². The number of carbonyl (C=O) groups excluding carboxylic acids is 1. The van der Waals surface area contributed by atoms with Gasteiger partial charge in [0.15, 0.2) is 0 Å². The van der Waals surface area contributed by atoms with Crippen molar-refractivity contribution in [1.29, 1.82) is 0 Å². The Kier molecular flexibility index (Phi) is 2.48. The Morgan fingerprint density at radius 3 is 2.70 bits per heavy atom. The lowest BCUT2D eigenvalue weighted by molar-refractivity contribution is -0.127. The number of rotatable bonds is 1. The van der Waals surface area contributed by atoms with Crippen LogP contribution in [0.1, 0.15) is 18.3 Å². The predicted octanol–water partition coefficient (Wildman–Crippen LogP) is 2.11. The Morgan fingerprint density at radius 1 is 1.35 bits per heavy atom. The van der Waals surface area contributed by atoms with E-state index in [0.29, 0.717) is 33.9 Å². The molecular formula is C14H14FN3O2. The summed E-state index contributed by atoms with van der Waals surface area (Å²) in [6.07, 6.45) is 0. The van der Waals surface area contributed by atoms with Crippen molar-refractivity contribution in [3.63, 3.8) is 0 Å². The molecule has 20 heavy (non-hydrogen) atoms. The summed E-state index contributed by atoms with van der Waals surface area (Å²) < 4.78 is 19.8. The number of alkyl halides is 1. The Balaban J connectivity index is 2.38. The summed E-state index contributed by atoms with van der Waals surface area (Å²) >= 11 is 0. The van der Waals surface area contributed by atoms with Gasteiger partial charge in [0.05, 0.1) is 23.7 Å². The van der Waals surface area contributed by atoms with Crippen LogP contribution in [0.3, 0.4) is 0 Å². The molecule has 5 nitrogen and oxygen atoms in total. The van der Waals surface area contributed by atoms with Crippen LogP contribution in [0.4, 0.5) is 10.1 Å². The SMILES string of the molecule is COc1nc(C)nc2cc3c(cc12)N(C)C(=O)C3(C)F. The van der Waals surface area contributed by atoms with Crippen molar-refractivity contribution in [3.05, 3.63) is 23.5 Å². The van der Waals surface area contributed by atoms with Crippen LogP contribution in [0, 0.1) is 6.92 Å². The third kappa shape index (κ3) is 1.51. The summed E-state index contributed by atoms with van der Waals surface area (Å²) in [5.74, 6) is 0.377. The summed E-state index contributed by atoms with van der Waals surface area (Å²) in [7, 11) is 3.07. The number of aromatic nitrogens is 2. The summed E-state index contributed by atoms with van der Waals surface area (Å²) in [5.41, 5.74) is -0.597. The van der Waals surface area contributed by atoms with E-state index >= 15 is 0 Å². The van der Waals surface area contributed by atoms with E-state index in [1.807, 2.05) is 0 Å². The summed E-state index contributed by atoms with van der Waals surface area (Å²) in [6.45, 7) is 3.01. The Bertz CT molecular complexity index is 743. The van der Waals surface area contributed by atoms with E-state index in [4.69, 9.17) is 4.74 Å². The number of halogens is 1. The number of fused-ring (bicyclic) bond motifs is 2. The van der Waals surface area contributed by atoms with Crippen molar-refractivity contribution in [2.75, 3.05) is 19.1 Å². The third-order valence-electron chi connectivity index (χ3n) is 3.66. The number of methoxy groups -OCH3 is 1. The fourth-order valence-electron chi connectivity index (χ4n) is 2.60. The fraction of sp³-hybridized carbons (Fsp3) is 0.357. The lowest BCUT2D eigenvalue weighted by Gasteiger charge is -2.12. The van der Waals surface area contributed by atoms with Crippen LogP contribution in [0.2, 0.25) is 0 Å². The zero-order chi connectivity index (χ0) is 14.7. The molecule has 3 rings (SSSR count). The molecule has 0 N–H and O–H groups in total. The smallest absolute Gasteiger partial charge is 0.268 e. The van der Waals surface area contributed by atoms with Crippen LogP contribution >= 0.6 is 0 Å². The Labute approximate surface area is 115 Å². The van der Waals surface area contributed by atoms with Gasteiger partial charge in [-0.05, 0) is 26.0 Å². The molecule has 0 saturated carbocycles. The number of aryl methyl sites for hydroxylation is 1. The topological polar surface area (TPSA) is 55.3 Å². The van der Waals surface area contributed by atoms with E-state index < -0.39 is 11.6 Å². The molecule has 1 aromatic carbocycles. The molecule has 2 heterocycles. The molecule has 1 aliphatic heterocycles. The van der Waals surface area contributed by atoms with Crippen LogP contribution < -0.4 is 9.64 Å². The largest absolute Gasteiger partial charge is 0.480 e. The maximum absolute atomic E-state index is 14.6. The highest BCUT2D eigenvalue weighted by Gasteiger charge is 2.47. The molecule has 6 heteroatoms. The second kappa shape index (κ2) is 3.88. The maximum Gasteiger partial charge on any atom is 0.268 e. The molecule has 2 aromatic rings. The predicted molar refractivity (Wildman–Crippen MR) is 72.7 cm³/mol. The molecule has 0 aliphatic carbocycles. The molecule has 1 aromatic heterocycles. The van der Waals surface area contributed by atoms with Gasteiger partial charge in [-0.2, -0.15) is 4.98 Å². The monoisotopic (exact) mass is 275 g/mol. The quantitative estimate of drug-likeness (QED) is 0.800. The van der Waals surface area contributed by atoms with E-state index in [2.05, 4.69) is 9.97 Å². The number of ether oxygens (including phenoxy) is 1. The van der Waals surface area contributed by atoms with Gasteiger partial charge in [0.2, 0.25) is 11.5 Å². The van der Waals surface area contributed by atoms with Gasteiger partial charge in [0.1, 0.15) is 5.82 Å². The van der Waals surface area contributed by atoms with E-state index in [0.717, 1.165) is 0 Å². The van der Waals surface area contributed by atoms with Crippen LogP contribution in [0.15, 0.2) is 12.1 Å². The lowest BCUT2D eigenvalue weighted by Crippen LogP contribution is -2.32. The van der Waals surface area contributed by atoms with Crippen molar-refractivity contribution in [3.8, 4) is 5.88 Å². The molecule has 0 saturated heterocycles. The van der Waals surface area contributed by atoms with Crippen molar-refractivity contribution in [2.24, 2.45) is 0 Å². The zero-order valence-corrected chi connectivity index (χ0v) is 11.7. The first-order chi connectivity index (χ1) is 9.36. The highest BCUT2D eigenvalue weighted by atomic mass is 19.1. The molecular weight excluding hydrogens is 261 g/mol. The molecule has 1 unspecified atom stereocenters. The number of likely N-dealkylation sites (N-methyl/N-ethyl adjacent to an activating group) is 1.